The normalized spacial score (nSPS) is 32.6. The molecular formula is C12H24N2O. The van der Waals surface area contributed by atoms with Crippen molar-refractivity contribution < 1.29 is 4.74 Å². The van der Waals surface area contributed by atoms with Crippen LogP contribution in [0.5, 0.6) is 0 Å². The molecule has 2 rings (SSSR count). The molecule has 0 amide bonds. The number of likely N-dealkylation sites (tertiary alicyclic amines) is 1. The summed E-state index contributed by atoms with van der Waals surface area (Å²) in [5.74, 6) is 0. The molecule has 3 heteroatoms. The first kappa shape index (κ1) is 11.4. The molecule has 1 unspecified atom stereocenters. The van der Waals surface area contributed by atoms with Gasteiger partial charge in [0.15, 0.2) is 0 Å². The summed E-state index contributed by atoms with van der Waals surface area (Å²) in [6, 6.07) is 0. The number of nitrogens with zero attached hydrogens (tertiary/aromatic N) is 1. The van der Waals surface area contributed by atoms with Crippen LogP contribution in [0.1, 0.15) is 32.6 Å². The lowest BCUT2D eigenvalue weighted by Gasteiger charge is -2.34. The molecule has 1 N–H and O–H groups in total. The topological polar surface area (TPSA) is 24.5 Å². The zero-order valence-electron chi connectivity index (χ0n) is 9.93. The van der Waals surface area contributed by atoms with Crippen molar-refractivity contribution in [1.82, 2.24) is 10.2 Å². The Labute approximate surface area is 93.2 Å². The molecule has 0 aromatic carbocycles. The number of hydrogen-bond donors (Lipinski definition) is 1. The number of ether oxygens (including phenoxy) is 1. The van der Waals surface area contributed by atoms with Gasteiger partial charge in [0.25, 0.3) is 0 Å². The third kappa shape index (κ3) is 2.92. The predicted molar refractivity (Wildman–Crippen MR) is 62.1 cm³/mol. The van der Waals surface area contributed by atoms with Gasteiger partial charge in [-0.2, -0.15) is 0 Å². The standard InChI is InChI=1S/C12H24N2O/c1-2-3-4-7-14-8-5-12(11-14)10-13-6-9-15-12/h13H,2-11H2,1H3. The monoisotopic (exact) mass is 212 g/mol. The van der Waals surface area contributed by atoms with E-state index in [9.17, 15) is 0 Å². The summed E-state index contributed by atoms with van der Waals surface area (Å²) < 4.78 is 5.96. The Kier molecular flexibility index (Phi) is 4.00. The van der Waals surface area contributed by atoms with Crippen molar-refractivity contribution in [3.63, 3.8) is 0 Å². The Bertz CT molecular complexity index is 188. The molecule has 2 saturated heterocycles. The molecule has 88 valence electrons. The minimum Gasteiger partial charge on any atom is -0.371 e. The van der Waals surface area contributed by atoms with E-state index in [-0.39, 0.29) is 5.60 Å². The molecule has 2 aliphatic rings. The summed E-state index contributed by atoms with van der Waals surface area (Å²) in [4.78, 5) is 2.57. The van der Waals surface area contributed by atoms with Crippen LogP contribution in [0.2, 0.25) is 0 Å². The Hall–Kier alpha value is -0.120. The molecule has 2 fully saturated rings. The summed E-state index contributed by atoms with van der Waals surface area (Å²) in [5, 5.41) is 3.45. The maximum absolute atomic E-state index is 5.96. The second-order valence-corrected chi connectivity index (χ2v) is 4.94. The Morgan fingerprint density at radius 3 is 3.07 bits per heavy atom. The molecule has 1 spiro atoms. The quantitative estimate of drug-likeness (QED) is 0.710. The van der Waals surface area contributed by atoms with Crippen molar-refractivity contribution in [1.29, 1.82) is 0 Å². The van der Waals surface area contributed by atoms with Gasteiger partial charge in [-0.05, 0) is 19.4 Å². The van der Waals surface area contributed by atoms with Crippen molar-refractivity contribution in [3.8, 4) is 0 Å². The highest BCUT2D eigenvalue weighted by atomic mass is 16.5. The van der Waals surface area contributed by atoms with Crippen LogP contribution in [0.25, 0.3) is 0 Å². The fraction of sp³-hybridized carbons (Fsp3) is 1.00. The van der Waals surface area contributed by atoms with Gasteiger partial charge in [0, 0.05) is 26.2 Å². The summed E-state index contributed by atoms with van der Waals surface area (Å²) in [6.45, 7) is 8.87. The first-order chi connectivity index (χ1) is 7.35. The third-order valence-electron chi connectivity index (χ3n) is 3.61. The SMILES string of the molecule is CCCCCN1CCC2(CNCCO2)C1. The van der Waals surface area contributed by atoms with E-state index < -0.39 is 0 Å². The maximum Gasteiger partial charge on any atom is 0.0945 e. The van der Waals surface area contributed by atoms with Gasteiger partial charge in [-0.1, -0.05) is 19.8 Å². The average Bonchev–Trinajstić information content (AvgIpc) is 2.63. The van der Waals surface area contributed by atoms with Gasteiger partial charge in [-0.3, -0.25) is 0 Å². The van der Waals surface area contributed by atoms with Crippen LogP contribution >= 0.6 is 0 Å². The Balaban J connectivity index is 1.73. The van der Waals surface area contributed by atoms with Crippen molar-refractivity contribution in [2.24, 2.45) is 0 Å². The lowest BCUT2D eigenvalue weighted by molar-refractivity contribution is -0.0572. The lowest BCUT2D eigenvalue weighted by atomic mass is 10.0. The van der Waals surface area contributed by atoms with Crippen molar-refractivity contribution >= 4 is 0 Å². The largest absolute Gasteiger partial charge is 0.371 e. The summed E-state index contributed by atoms with van der Waals surface area (Å²) in [7, 11) is 0. The number of rotatable bonds is 4. The molecule has 15 heavy (non-hydrogen) atoms. The molecule has 3 nitrogen and oxygen atoms in total. The number of unbranched alkanes of at least 4 members (excludes halogenated alkanes) is 2. The van der Waals surface area contributed by atoms with Gasteiger partial charge in [0.1, 0.15) is 0 Å². The molecule has 1 atom stereocenters. The highest BCUT2D eigenvalue weighted by molar-refractivity contribution is 4.95. The fourth-order valence-corrected chi connectivity index (χ4v) is 2.67. The minimum absolute atomic E-state index is 0.157. The first-order valence-corrected chi connectivity index (χ1v) is 6.42. The zero-order valence-corrected chi connectivity index (χ0v) is 9.93. The number of nitrogens with one attached hydrogen (secondary N) is 1. The van der Waals surface area contributed by atoms with Crippen molar-refractivity contribution in [3.05, 3.63) is 0 Å². The summed E-state index contributed by atoms with van der Waals surface area (Å²) >= 11 is 0. The summed E-state index contributed by atoms with van der Waals surface area (Å²) in [5.41, 5.74) is 0.157. The molecule has 0 aliphatic carbocycles. The van der Waals surface area contributed by atoms with Gasteiger partial charge in [-0.25, -0.2) is 0 Å². The fourth-order valence-electron chi connectivity index (χ4n) is 2.67. The van der Waals surface area contributed by atoms with Crippen LogP contribution in [0.15, 0.2) is 0 Å². The van der Waals surface area contributed by atoms with Crippen LogP contribution in [-0.4, -0.2) is 49.8 Å². The van der Waals surface area contributed by atoms with Gasteiger partial charge >= 0.3 is 0 Å². The number of morpholine rings is 1. The van der Waals surface area contributed by atoms with Gasteiger partial charge in [-0.15, -0.1) is 0 Å². The zero-order chi connectivity index (χ0) is 10.6. The van der Waals surface area contributed by atoms with Crippen LogP contribution in [0.4, 0.5) is 0 Å². The second-order valence-electron chi connectivity index (χ2n) is 4.94. The van der Waals surface area contributed by atoms with Gasteiger partial charge < -0.3 is 15.0 Å². The van der Waals surface area contributed by atoms with E-state index in [4.69, 9.17) is 4.74 Å². The summed E-state index contributed by atoms with van der Waals surface area (Å²) in [6.07, 6.45) is 5.24. The molecule has 0 aromatic rings. The van der Waals surface area contributed by atoms with E-state index in [0.29, 0.717) is 0 Å². The second kappa shape index (κ2) is 5.28. The van der Waals surface area contributed by atoms with E-state index in [1.165, 1.54) is 38.8 Å². The average molecular weight is 212 g/mol. The van der Waals surface area contributed by atoms with Crippen LogP contribution in [0.3, 0.4) is 0 Å². The Morgan fingerprint density at radius 2 is 2.33 bits per heavy atom. The first-order valence-electron chi connectivity index (χ1n) is 6.42. The van der Waals surface area contributed by atoms with Crippen LogP contribution in [0, 0.1) is 0 Å². The van der Waals surface area contributed by atoms with Gasteiger partial charge in [0.2, 0.25) is 0 Å². The molecule has 2 aliphatic heterocycles. The maximum atomic E-state index is 5.96. The van der Waals surface area contributed by atoms with E-state index >= 15 is 0 Å². The van der Waals surface area contributed by atoms with E-state index in [1.54, 1.807) is 0 Å². The molecular weight excluding hydrogens is 188 g/mol. The van der Waals surface area contributed by atoms with Gasteiger partial charge in [0.05, 0.1) is 12.2 Å². The van der Waals surface area contributed by atoms with E-state index in [1.807, 2.05) is 0 Å². The lowest BCUT2D eigenvalue weighted by Crippen LogP contribution is -2.51. The molecule has 0 aromatic heterocycles. The molecule has 0 radical (unpaired) electrons. The smallest absolute Gasteiger partial charge is 0.0945 e. The minimum atomic E-state index is 0.157. The van der Waals surface area contributed by atoms with Crippen molar-refractivity contribution in [2.45, 2.75) is 38.2 Å². The van der Waals surface area contributed by atoms with E-state index in [2.05, 4.69) is 17.1 Å². The molecule has 2 heterocycles. The van der Waals surface area contributed by atoms with Crippen LogP contribution in [-0.2, 0) is 4.74 Å². The number of hydrogen-bond acceptors (Lipinski definition) is 3. The van der Waals surface area contributed by atoms with E-state index in [0.717, 1.165) is 26.2 Å². The highest BCUT2D eigenvalue weighted by Gasteiger charge is 2.39. The third-order valence-corrected chi connectivity index (χ3v) is 3.61. The predicted octanol–water partition coefficient (Wildman–Crippen LogP) is 1.24. The highest BCUT2D eigenvalue weighted by Crippen LogP contribution is 2.26. The molecule has 0 saturated carbocycles. The molecule has 0 bridgehead atoms. The van der Waals surface area contributed by atoms with Crippen LogP contribution < -0.4 is 5.32 Å². The van der Waals surface area contributed by atoms with Crippen molar-refractivity contribution in [2.75, 3.05) is 39.3 Å². The Morgan fingerprint density at radius 1 is 1.40 bits per heavy atom.